The molecule has 1 aliphatic rings. The molecular formula is C16H20BrNO2. The number of nitrogens with zero attached hydrogens (tertiary/aromatic N) is 1. The molecule has 0 saturated heterocycles. The van der Waals surface area contributed by atoms with Crippen molar-refractivity contribution in [1.29, 1.82) is 0 Å². The van der Waals surface area contributed by atoms with E-state index in [4.69, 9.17) is 0 Å². The molecule has 1 aromatic carbocycles. The van der Waals surface area contributed by atoms with Crippen LogP contribution >= 0.6 is 15.9 Å². The Kier molecular flexibility index (Phi) is 4.97. The number of hydrogen-bond acceptors (Lipinski definition) is 2. The van der Waals surface area contributed by atoms with Gasteiger partial charge in [0.1, 0.15) is 0 Å². The van der Waals surface area contributed by atoms with E-state index in [9.17, 15) is 9.59 Å². The maximum Gasteiger partial charge on any atom is 0.299 e. The molecule has 0 aliphatic carbocycles. The summed E-state index contributed by atoms with van der Waals surface area (Å²) in [5, 5.41) is 0.980. The molecule has 4 heteroatoms. The number of amides is 1. The summed E-state index contributed by atoms with van der Waals surface area (Å²) >= 11 is 3.40. The van der Waals surface area contributed by atoms with Gasteiger partial charge in [0, 0.05) is 11.9 Å². The Labute approximate surface area is 128 Å². The van der Waals surface area contributed by atoms with Crippen LogP contribution in [0.3, 0.4) is 0 Å². The molecule has 3 nitrogen and oxygen atoms in total. The van der Waals surface area contributed by atoms with Crippen molar-refractivity contribution in [3.8, 4) is 0 Å². The van der Waals surface area contributed by atoms with E-state index in [0.717, 1.165) is 35.8 Å². The summed E-state index contributed by atoms with van der Waals surface area (Å²) in [5.41, 5.74) is 2.45. The molecule has 0 atom stereocenters. The average molecular weight is 338 g/mol. The van der Waals surface area contributed by atoms with Crippen molar-refractivity contribution in [3.05, 3.63) is 29.3 Å². The van der Waals surface area contributed by atoms with Gasteiger partial charge in [-0.1, -0.05) is 42.3 Å². The predicted octanol–water partition coefficient (Wildman–Crippen LogP) is 3.90. The van der Waals surface area contributed by atoms with E-state index in [-0.39, 0.29) is 11.7 Å². The molecule has 2 rings (SSSR count). The minimum atomic E-state index is -0.375. The molecule has 1 amide bonds. The average Bonchev–Trinajstić information content (AvgIpc) is 2.67. The van der Waals surface area contributed by atoms with E-state index >= 15 is 0 Å². The Bertz CT molecular complexity index is 525. The lowest BCUT2D eigenvalue weighted by Crippen LogP contribution is -2.30. The van der Waals surface area contributed by atoms with Crippen molar-refractivity contribution < 1.29 is 9.59 Å². The first kappa shape index (κ1) is 15.2. The third-order valence-corrected chi connectivity index (χ3v) is 4.24. The third kappa shape index (κ3) is 2.95. The van der Waals surface area contributed by atoms with Crippen LogP contribution in [0.4, 0.5) is 5.69 Å². The normalized spacial score (nSPS) is 14.3. The van der Waals surface area contributed by atoms with Gasteiger partial charge < -0.3 is 4.90 Å². The van der Waals surface area contributed by atoms with E-state index in [0.29, 0.717) is 18.0 Å². The highest BCUT2D eigenvalue weighted by molar-refractivity contribution is 9.09. The second-order valence-corrected chi connectivity index (χ2v) is 6.26. The quantitative estimate of drug-likeness (QED) is 0.448. The van der Waals surface area contributed by atoms with Crippen LogP contribution in [0, 0.1) is 0 Å². The van der Waals surface area contributed by atoms with Crippen molar-refractivity contribution in [2.24, 2.45) is 0 Å². The van der Waals surface area contributed by atoms with Gasteiger partial charge in [0.25, 0.3) is 11.7 Å². The number of carbonyl (C=O) groups excluding carboxylic acids is 2. The van der Waals surface area contributed by atoms with Gasteiger partial charge in [-0.3, -0.25) is 9.59 Å². The minimum absolute atomic E-state index is 0.358. The summed E-state index contributed by atoms with van der Waals surface area (Å²) in [6, 6.07) is 5.80. The lowest BCUT2D eigenvalue weighted by Gasteiger charge is -2.16. The van der Waals surface area contributed by atoms with Crippen LogP contribution in [0.25, 0.3) is 0 Å². The largest absolute Gasteiger partial charge is 0.305 e. The Morgan fingerprint density at radius 1 is 1.15 bits per heavy atom. The van der Waals surface area contributed by atoms with Crippen LogP contribution in [0.15, 0.2) is 18.2 Å². The van der Waals surface area contributed by atoms with Gasteiger partial charge in [-0.15, -0.1) is 0 Å². The summed E-state index contributed by atoms with van der Waals surface area (Å²) in [6.07, 6.45) is 3.08. The highest BCUT2D eigenvalue weighted by atomic mass is 79.9. The van der Waals surface area contributed by atoms with Crippen molar-refractivity contribution in [2.75, 3.05) is 16.8 Å². The summed E-state index contributed by atoms with van der Waals surface area (Å²) in [6.45, 7) is 4.80. The van der Waals surface area contributed by atoms with Gasteiger partial charge in [-0.05, 0) is 36.5 Å². The van der Waals surface area contributed by atoms with Crippen molar-refractivity contribution in [1.82, 2.24) is 0 Å². The van der Waals surface area contributed by atoms with Crippen LogP contribution in [-0.4, -0.2) is 23.6 Å². The van der Waals surface area contributed by atoms with Gasteiger partial charge in [-0.25, -0.2) is 0 Å². The molecular weight excluding hydrogens is 318 g/mol. The molecule has 1 aromatic rings. The standard InChI is InChI=1S/C16H20BrNO2/c1-11(2)12-6-7-14-13(10-12)15(19)16(20)18(14)9-5-3-4-8-17/h6-7,10-11H,3-5,8-9H2,1-2H3. The highest BCUT2D eigenvalue weighted by Crippen LogP contribution is 2.31. The molecule has 108 valence electrons. The summed E-state index contributed by atoms with van der Waals surface area (Å²) in [5.74, 6) is -0.376. The van der Waals surface area contributed by atoms with Crippen molar-refractivity contribution in [2.45, 2.75) is 39.0 Å². The Morgan fingerprint density at radius 3 is 2.55 bits per heavy atom. The van der Waals surface area contributed by atoms with Crippen LogP contribution in [0.5, 0.6) is 0 Å². The second kappa shape index (κ2) is 6.53. The fraction of sp³-hybridized carbons (Fsp3) is 0.500. The lowest BCUT2D eigenvalue weighted by atomic mass is 9.99. The van der Waals surface area contributed by atoms with Gasteiger partial charge in [0.2, 0.25) is 0 Å². The molecule has 0 spiro atoms. The van der Waals surface area contributed by atoms with Gasteiger partial charge in [-0.2, -0.15) is 0 Å². The monoisotopic (exact) mass is 337 g/mol. The zero-order chi connectivity index (χ0) is 14.7. The van der Waals surface area contributed by atoms with Crippen LogP contribution in [0.1, 0.15) is 54.9 Å². The number of unbranched alkanes of at least 4 members (excludes halogenated alkanes) is 2. The zero-order valence-corrected chi connectivity index (χ0v) is 13.6. The van der Waals surface area contributed by atoms with Crippen LogP contribution < -0.4 is 4.90 Å². The fourth-order valence-electron chi connectivity index (χ4n) is 2.44. The molecule has 0 N–H and O–H groups in total. The SMILES string of the molecule is CC(C)c1ccc2c(c1)C(=O)C(=O)N2CCCCCBr. The summed E-state index contributed by atoms with van der Waals surface area (Å²) in [7, 11) is 0. The number of Topliss-reactive ketones (excluding diaryl/α,β-unsaturated/α-hetero) is 1. The molecule has 0 saturated carbocycles. The molecule has 0 radical (unpaired) electrons. The Balaban J connectivity index is 2.18. The number of benzene rings is 1. The number of alkyl halides is 1. The van der Waals surface area contributed by atoms with Gasteiger partial charge in [0.05, 0.1) is 11.3 Å². The Morgan fingerprint density at radius 2 is 1.90 bits per heavy atom. The number of hydrogen-bond donors (Lipinski definition) is 0. The van der Waals surface area contributed by atoms with Crippen LogP contribution in [-0.2, 0) is 4.79 Å². The van der Waals surface area contributed by atoms with E-state index in [2.05, 4.69) is 29.8 Å². The Hall–Kier alpha value is -1.16. The highest BCUT2D eigenvalue weighted by Gasteiger charge is 2.35. The molecule has 0 bridgehead atoms. The second-order valence-electron chi connectivity index (χ2n) is 5.47. The molecule has 1 aliphatic heterocycles. The topological polar surface area (TPSA) is 37.4 Å². The van der Waals surface area contributed by atoms with Gasteiger partial charge in [0.15, 0.2) is 0 Å². The fourth-order valence-corrected chi connectivity index (χ4v) is 2.84. The number of ketones is 1. The van der Waals surface area contributed by atoms with E-state index in [1.165, 1.54) is 0 Å². The molecule has 20 heavy (non-hydrogen) atoms. The first-order valence-electron chi connectivity index (χ1n) is 7.12. The van der Waals surface area contributed by atoms with E-state index < -0.39 is 0 Å². The zero-order valence-electron chi connectivity index (χ0n) is 12.0. The number of fused-ring (bicyclic) bond motifs is 1. The lowest BCUT2D eigenvalue weighted by molar-refractivity contribution is -0.114. The minimum Gasteiger partial charge on any atom is -0.305 e. The maximum absolute atomic E-state index is 12.1. The van der Waals surface area contributed by atoms with E-state index in [1.807, 2.05) is 18.2 Å². The summed E-state index contributed by atoms with van der Waals surface area (Å²) < 4.78 is 0. The molecule has 0 fully saturated rings. The smallest absolute Gasteiger partial charge is 0.299 e. The maximum atomic E-state index is 12.1. The number of anilines is 1. The first-order chi connectivity index (χ1) is 9.56. The van der Waals surface area contributed by atoms with Crippen molar-refractivity contribution in [3.63, 3.8) is 0 Å². The summed E-state index contributed by atoms with van der Waals surface area (Å²) in [4.78, 5) is 25.8. The number of rotatable bonds is 6. The number of carbonyl (C=O) groups is 2. The van der Waals surface area contributed by atoms with Crippen molar-refractivity contribution >= 4 is 33.3 Å². The predicted molar refractivity (Wildman–Crippen MR) is 84.9 cm³/mol. The molecule has 0 aromatic heterocycles. The van der Waals surface area contributed by atoms with E-state index in [1.54, 1.807) is 4.90 Å². The first-order valence-corrected chi connectivity index (χ1v) is 8.24. The molecule has 1 heterocycles. The van der Waals surface area contributed by atoms with Crippen LogP contribution in [0.2, 0.25) is 0 Å². The number of halogens is 1. The van der Waals surface area contributed by atoms with Gasteiger partial charge >= 0.3 is 0 Å². The molecule has 0 unspecified atom stereocenters. The third-order valence-electron chi connectivity index (χ3n) is 3.68.